The van der Waals surface area contributed by atoms with Crippen LogP contribution in [0.5, 0.6) is 0 Å². The first-order valence-electron chi connectivity index (χ1n) is 5.12. The molecule has 0 heterocycles. The van der Waals surface area contributed by atoms with E-state index in [4.69, 9.17) is 0 Å². The molecule has 0 atom stereocenters. The van der Waals surface area contributed by atoms with Gasteiger partial charge in [0.05, 0.1) is 11.1 Å². The van der Waals surface area contributed by atoms with Gasteiger partial charge in [-0.15, -0.1) is 0 Å². The zero-order chi connectivity index (χ0) is 14.4. The Balaban J connectivity index is 3.50. The topological polar surface area (TPSA) is 0 Å². The van der Waals surface area contributed by atoms with Crippen molar-refractivity contribution in [2.45, 2.75) is 38.5 Å². The summed E-state index contributed by atoms with van der Waals surface area (Å²) in [6.45, 7) is 4.33. The normalized spacial score (nSPS) is 13.8. The van der Waals surface area contributed by atoms with Gasteiger partial charge in [-0.2, -0.15) is 26.3 Å². The first-order valence-corrected chi connectivity index (χ1v) is 5.12. The van der Waals surface area contributed by atoms with Gasteiger partial charge >= 0.3 is 12.4 Å². The van der Waals surface area contributed by atoms with Crippen LogP contribution in [0.4, 0.5) is 26.3 Å². The van der Waals surface area contributed by atoms with Crippen molar-refractivity contribution in [2.75, 3.05) is 0 Å². The lowest BCUT2D eigenvalue weighted by atomic mass is 9.82. The van der Waals surface area contributed by atoms with E-state index in [2.05, 4.69) is 0 Å². The van der Waals surface area contributed by atoms with Gasteiger partial charge in [-0.1, -0.05) is 20.8 Å². The molecule has 0 bridgehead atoms. The van der Waals surface area contributed by atoms with E-state index in [9.17, 15) is 26.3 Å². The van der Waals surface area contributed by atoms with Gasteiger partial charge < -0.3 is 0 Å². The van der Waals surface area contributed by atoms with Crippen molar-refractivity contribution in [3.63, 3.8) is 0 Å². The number of hydrogen-bond donors (Lipinski definition) is 0. The second kappa shape index (κ2) is 4.17. The van der Waals surface area contributed by atoms with E-state index in [-0.39, 0.29) is 5.56 Å². The molecule has 0 nitrogen and oxygen atoms in total. The highest BCUT2D eigenvalue weighted by molar-refractivity contribution is 5.39. The fraction of sp³-hybridized carbons (Fsp3) is 0.500. The molecule has 0 aromatic heterocycles. The summed E-state index contributed by atoms with van der Waals surface area (Å²) in [4.78, 5) is 0. The minimum absolute atomic E-state index is 0.357. The van der Waals surface area contributed by atoms with E-state index in [1.54, 1.807) is 0 Å². The van der Waals surface area contributed by atoms with Crippen molar-refractivity contribution in [1.29, 1.82) is 0 Å². The van der Waals surface area contributed by atoms with Crippen LogP contribution in [0.1, 0.15) is 37.5 Å². The second-order valence-corrected chi connectivity index (χ2v) is 5.01. The fourth-order valence-electron chi connectivity index (χ4n) is 1.59. The van der Waals surface area contributed by atoms with Crippen molar-refractivity contribution in [3.8, 4) is 0 Å². The van der Waals surface area contributed by atoms with Crippen molar-refractivity contribution >= 4 is 0 Å². The highest BCUT2D eigenvalue weighted by atomic mass is 19.4. The first kappa shape index (κ1) is 14.9. The van der Waals surface area contributed by atoms with Crippen molar-refractivity contribution < 1.29 is 26.3 Å². The third-order valence-electron chi connectivity index (χ3n) is 2.46. The van der Waals surface area contributed by atoms with E-state index in [1.807, 2.05) is 0 Å². The van der Waals surface area contributed by atoms with Gasteiger partial charge in [0.25, 0.3) is 0 Å². The average molecular weight is 270 g/mol. The predicted molar refractivity (Wildman–Crippen MR) is 55.1 cm³/mol. The van der Waals surface area contributed by atoms with Crippen LogP contribution < -0.4 is 0 Å². The van der Waals surface area contributed by atoms with E-state index in [0.29, 0.717) is 18.2 Å². The summed E-state index contributed by atoms with van der Waals surface area (Å²) in [7, 11) is 0. The molecule has 0 aliphatic rings. The van der Waals surface area contributed by atoms with Crippen LogP contribution >= 0.6 is 0 Å². The fourth-order valence-corrected chi connectivity index (χ4v) is 1.59. The quantitative estimate of drug-likeness (QED) is 0.580. The largest absolute Gasteiger partial charge is 0.416 e. The van der Waals surface area contributed by atoms with E-state index >= 15 is 0 Å². The molecule has 0 radical (unpaired) electrons. The Morgan fingerprint density at radius 3 is 1.56 bits per heavy atom. The molecule has 18 heavy (non-hydrogen) atoms. The maximum absolute atomic E-state index is 12.7. The maximum atomic E-state index is 12.7. The Morgan fingerprint density at radius 2 is 1.22 bits per heavy atom. The van der Waals surface area contributed by atoms with Gasteiger partial charge in [0.15, 0.2) is 0 Å². The van der Waals surface area contributed by atoms with Crippen molar-refractivity contribution in [3.05, 3.63) is 34.9 Å². The molecule has 0 spiro atoms. The molecule has 1 rings (SSSR count). The summed E-state index contributed by atoms with van der Waals surface area (Å²) >= 11 is 0. The van der Waals surface area contributed by atoms with E-state index in [0.717, 1.165) is 0 Å². The Labute approximate surface area is 101 Å². The molecule has 1 aromatic rings. The Morgan fingerprint density at radius 1 is 0.722 bits per heavy atom. The molecule has 0 saturated heterocycles. The minimum atomic E-state index is -4.66. The molecule has 0 aliphatic heterocycles. The molecule has 1 aromatic carbocycles. The van der Waals surface area contributed by atoms with Crippen LogP contribution in [0, 0.1) is 0 Å². The summed E-state index contributed by atoms with van der Waals surface area (Å²) in [5.74, 6) is 0. The second-order valence-electron chi connectivity index (χ2n) is 5.01. The lowest BCUT2D eigenvalue weighted by Gasteiger charge is -2.25. The molecular formula is C12H12F6. The number of halogens is 6. The van der Waals surface area contributed by atoms with E-state index < -0.39 is 28.9 Å². The summed E-state index contributed by atoms with van der Waals surface area (Å²) in [5.41, 5.74) is -3.47. The SMILES string of the molecule is CC(C)(C)c1cc(C(F)(F)F)ccc1C(F)(F)F. The van der Waals surface area contributed by atoms with E-state index in [1.165, 1.54) is 20.8 Å². The molecule has 102 valence electrons. The van der Waals surface area contributed by atoms with Gasteiger partial charge in [-0.25, -0.2) is 0 Å². The lowest BCUT2D eigenvalue weighted by Crippen LogP contribution is -2.21. The van der Waals surface area contributed by atoms with Crippen LogP contribution in [-0.4, -0.2) is 0 Å². The standard InChI is InChI=1S/C12H12F6/c1-10(2,3)9-6-7(11(13,14)15)4-5-8(9)12(16,17)18/h4-6H,1-3H3. The van der Waals surface area contributed by atoms with Crippen LogP contribution in [-0.2, 0) is 17.8 Å². The Kier molecular flexibility index (Phi) is 3.44. The molecule has 6 heteroatoms. The van der Waals surface area contributed by atoms with Gasteiger partial charge in [0.2, 0.25) is 0 Å². The van der Waals surface area contributed by atoms with Crippen LogP contribution in [0.25, 0.3) is 0 Å². The zero-order valence-corrected chi connectivity index (χ0v) is 10.00. The van der Waals surface area contributed by atoms with Gasteiger partial charge in [0, 0.05) is 0 Å². The minimum Gasteiger partial charge on any atom is -0.166 e. The molecule has 0 aliphatic carbocycles. The third-order valence-corrected chi connectivity index (χ3v) is 2.46. The zero-order valence-electron chi connectivity index (χ0n) is 10.00. The summed E-state index contributed by atoms with van der Waals surface area (Å²) in [6, 6.07) is 1.52. The maximum Gasteiger partial charge on any atom is 0.416 e. The van der Waals surface area contributed by atoms with Gasteiger partial charge in [0.1, 0.15) is 0 Å². The third kappa shape index (κ3) is 3.17. The van der Waals surface area contributed by atoms with Crippen LogP contribution in [0.15, 0.2) is 18.2 Å². The average Bonchev–Trinajstić information content (AvgIpc) is 2.12. The number of hydrogen-bond acceptors (Lipinski definition) is 0. The summed E-state index contributed by atoms with van der Waals surface area (Å²) < 4.78 is 75.7. The van der Waals surface area contributed by atoms with Gasteiger partial charge in [-0.05, 0) is 29.2 Å². The smallest absolute Gasteiger partial charge is 0.166 e. The molecule has 0 fully saturated rings. The molecule has 0 amide bonds. The molecular weight excluding hydrogens is 258 g/mol. The number of benzene rings is 1. The monoisotopic (exact) mass is 270 g/mol. The first-order chi connectivity index (χ1) is 7.83. The predicted octanol–water partition coefficient (Wildman–Crippen LogP) is 5.02. The highest BCUT2D eigenvalue weighted by Crippen LogP contribution is 2.40. The van der Waals surface area contributed by atoms with Crippen LogP contribution in [0.2, 0.25) is 0 Å². The lowest BCUT2D eigenvalue weighted by molar-refractivity contribution is -0.142. The highest BCUT2D eigenvalue weighted by Gasteiger charge is 2.39. The summed E-state index contributed by atoms with van der Waals surface area (Å²) in [5, 5.41) is 0. The molecule has 0 unspecified atom stereocenters. The molecule has 0 N–H and O–H groups in total. The Bertz CT molecular complexity index is 433. The van der Waals surface area contributed by atoms with Crippen LogP contribution in [0.3, 0.4) is 0 Å². The number of alkyl halides is 6. The molecule has 0 saturated carbocycles. The van der Waals surface area contributed by atoms with Crippen molar-refractivity contribution in [1.82, 2.24) is 0 Å². The number of rotatable bonds is 0. The van der Waals surface area contributed by atoms with Crippen molar-refractivity contribution in [2.24, 2.45) is 0 Å². The Hall–Kier alpha value is -1.20. The summed E-state index contributed by atoms with van der Waals surface area (Å²) in [6.07, 6.45) is -9.31. The van der Waals surface area contributed by atoms with Gasteiger partial charge in [-0.3, -0.25) is 0 Å².